The number of amides is 1. The lowest BCUT2D eigenvalue weighted by atomic mass is 10.2. The Morgan fingerprint density at radius 1 is 1.10 bits per heavy atom. The third-order valence-electron chi connectivity index (χ3n) is 4.59. The van der Waals surface area contributed by atoms with Crippen molar-refractivity contribution < 1.29 is 22.0 Å². The number of aromatic nitrogens is 2. The van der Waals surface area contributed by atoms with Crippen LogP contribution in [0.5, 0.6) is 0 Å². The van der Waals surface area contributed by atoms with Crippen LogP contribution in [0.2, 0.25) is 0 Å². The van der Waals surface area contributed by atoms with Crippen molar-refractivity contribution >= 4 is 21.9 Å². The first-order valence-corrected chi connectivity index (χ1v) is 10.3. The minimum atomic E-state index is -3.57. The summed E-state index contributed by atoms with van der Waals surface area (Å²) in [6.45, 7) is 0. The number of hydrogen-bond donors (Lipinski definition) is 1. The minimum absolute atomic E-state index is 0.0517. The van der Waals surface area contributed by atoms with Crippen LogP contribution < -0.4 is 5.32 Å². The van der Waals surface area contributed by atoms with E-state index in [9.17, 15) is 17.6 Å². The monoisotopic (exact) mass is 416 g/mol. The van der Waals surface area contributed by atoms with Gasteiger partial charge in [-0.25, -0.2) is 12.8 Å². The highest BCUT2D eigenvalue weighted by Crippen LogP contribution is 2.30. The van der Waals surface area contributed by atoms with Gasteiger partial charge < -0.3 is 4.42 Å². The molecule has 0 radical (unpaired) electrons. The van der Waals surface area contributed by atoms with Crippen molar-refractivity contribution in [1.82, 2.24) is 14.5 Å². The average Bonchev–Trinajstić information content (AvgIpc) is 3.47. The van der Waals surface area contributed by atoms with Crippen molar-refractivity contribution in [3.63, 3.8) is 0 Å². The number of nitrogens with one attached hydrogen (secondary N) is 1. The normalized spacial score (nSPS) is 14.2. The van der Waals surface area contributed by atoms with Crippen molar-refractivity contribution in [1.29, 1.82) is 0 Å². The molecule has 10 heteroatoms. The van der Waals surface area contributed by atoms with Gasteiger partial charge in [0.2, 0.25) is 15.9 Å². The Labute approximate surface area is 166 Å². The second-order valence-corrected chi connectivity index (χ2v) is 8.65. The third kappa shape index (κ3) is 4.03. The summed E-state index contributed by atoms with van der Waals surface area (Å²) in [5, 5.41) is 10.0. The zero-order chi connectivity index (χ0) is 20.6. The van der Waals surface area contributed by atoms with Gasteiger partial charge in [0.05, 0.1) is 4.90 Å². The Bertz CT molecular complexity index is 1140. The molecule has 0 bridgehead atoms. The second-order valence-electron chi connectivity index (χ2n) is 6.65. The van der Waals surface area contributed by atoms with Gasteiger partial charge in [0, 0.05) is 24.2 Å². The summed E-state index contributed by atoms with van der Waals surface area (Å²) in [6.07, 6.45) is 1.72. The number of rotatable bonds is 6. The van der Waals surface area contributed by atoms with E-state index in [-0.39, 0.29) is 28.4 Å². The topological polar surface area (TPSA) is 105 Å². The first-order valence-electron chi connectivity index (χ1n) is 8.83. The summed E-state index contributed by atoms with van der Waals surface area (Å²) < 4.78 is 44.7. The molecule has 1 fully saturated rings. The van der Waals surface area contributed by atoms with E-state index in [2.05, 4.69) is 15.5 Å². The van der Waals surface area contributed by atoms with Crippen LogP contribution in [-0.4, -0.2) is 41.9 Å². The lowest BCUT2D eigenvalue weighted by Crippen LogP contribution is -2.29. The highest BCUT2D eigenvalue weighted by atomic mass is 32.2. The Balaban J connectivity index is 1.46. The number of sulfonamides is 1. The molecule has 0 unspecified atom stereocenters. The molecule has 3 aromatic rings. The zero-order valence-corrected chi connectivity index (χ0v) is 16.2. The molecule has 1 aliphatic carbocycles. The van der Waals surface area contributed by atoms with Crippen LogP contribution in [0, 0.1) is 5.82 Å². The van der Waals surface area contributed by atoms with Crippen LogP contribution in [0.1, 0.15) is 23.2 Å². The maximum atomic E-state index is 13.0. The molecule has 0 saturated heterocycles. The fourth-order valence-electron chi connectivity index (χ4n) is 2.73. The van der Waals surface area contributed by atoms with Crippen molar-refractivity contribution in [2.75, 3.05) is 12.4 Å². The van der Waals surface area contributed by atoms with Gasteiger partial charge in [-0.05, 0) is 61.4 Å². The fraction of sp³-hybridized carbons (Fsp3) is 0.211. The molecule has 29 heavy (non-hydrogen) atoms. The molecule has 150 valence electrons. The van der Waals surface area contributed by atoms with Gasteiger partial charge in [-0.1, -0.05) is 5.10 Å². The number of benzene rings is 2. The SMILES string of the molecule is CN(C1CC1)S(=O)(=O)c1ccc(C(=O)Nc2nnc(-c3ccc(F)cc3)o2)cc1. The molecule has 1 amide bonds. The van der Waals surface area contributed by atoms with Gasteiger partial charge in [0.1, 0.15) is 5.82 Å². The van der Waals surface area contributed by atoms with Crippen LogP contribution >= 0.6 is 0 Å². The molecule has 1 aliphatic rings. The quantitative estimate of drug-likeness (QED) is 0.662. The lowest BCUT2D eigenvalue weighted by Gasteiger charge is -2.16. The maximum Gasteiger partial charge on any atom is 0.322 e. The van der Waals surface area contributed by atoms with Crippen LogP contribution in [0.3, 0.4) is 0 Å². The van der Waals surface area contributed by atoms with Crippen molar-refractivity contribution in [2.45, 2.75) is 23.8 Å². The second kappa shape index (κ2) is 7.37. The van der Waals surface area contributed by atoms with Gasteiger partial charge in [0.15, 0.2) is 0 Å². The Morgan fingerprint density at radius 3 is 2.38 bits per heavy atom. The van der Waals surface area contributed by atoms with Crippen LogP contribution in [0.15, 0.2) is 57.8 Å². The van der Waals surface area contributed by atoms with Gasteiger partial charge in [0.25, 0.3) is 5.91 Å². The molecule has 0 aliphatic heterocycles. The summed E-state index contributed by atoms with van der Waals surface area (Å²) in [4.78, 5) is 12.5. The smallest absolute Gasteiger partial charge is 0.322 e. The van der Waals surface area contributed by atoms with E-state index in [0.29, 0.717) is 5.56 Å². The third-order valence-corrected chi connectivity index (χ3v) is 6.52. The van der Waals surface area contributed by atoms with Crippen LogP contribution in [0.25, 0.3) is 11.5 Å². The predicted octanol–water partition coefficient (Wildman–Crippen LogP) is 2.91. The molecule has 1 aromatic heterocycles. The van der Waals surface area contributed by atoms with Crippen molar-refractivity contribution in [3.05, 3.63) is 59.9 Å². The molecule has 1 N–H and O–H groups in total. The van der Waals surface area contributed by atoms with Gasteiger partial charge >= 0.3 is 6.01 Å². The number of anilines is 1. The largest absolute Gasteiger partial charge is 0.403 e. The minimum Gasteiger partial charge on any atom is -0.403 e. The number of carbonyl (C=O) groups excluding carboxylic acids is 1. The van der Waals surface area contributed by atoms with Crippen molar-refractivity contribution in [3.8, 4) is 11.5 Å². The van der Waals surface area contributed by atoms with E-state index in [0.717, 1.165) is 12.8 Å². The first-order chi connectivity index (χ1) is 13.8. The van der Waals surface area contributed by atoms with Crippen LogP contribution in [0.4, 0.5) is 10.4 Å². The molecule has 8 nitrogen and oxygen atoms in total. The van der Waals surface area contributed by atoms with E-state index in [1.54, 1.807) is 7.05 Å². The molecule has 1 heterocycles. The summed E-state index contributed by atoms with van der Waals surface area (Å²) in [5.41, 5.74) is 0.744. The van der Waals surface area contributed by atoms with E-state index < -0.39 is 21.7 Å². The molecule has 1 saturated carbocycles. The highest BCUT2D eigenvalue weighted by Gasteiger charge is 2.35. The Morgan fingerprint density at radius 2 is 1.76 bits per heavy atom. The average molecular weight is 416 g/mol. The Hall–Kier alpha value is -3.11. The van der Waals surface area contributed by atoms with Gasteiger partial charge in [-0.15, -0.1) is 5.10 Å². The molecule has 4 rings (SSSR count). The standard InChI is InChI=1S/C19H17FN4O4S/c1-24(15-8-9-15)29(26,27)16-10-4-12(5-11-16)17(25)21-19-23-22-18(28-19)13-2-6-14(20)7-3-13/h2-7,10-11,15H,8-9H2,1H3,(H,21,23,25). The number of carbonyl (C=O) groups is 1. The fourth-order valence-corrected chi connectivity index (χ4v) is 4.15. The predicted molar refractivity (Wildman–Crippen MR) is 102 cm³/mol. The molecule has 0 atom stereocenters. The first kappa shape index (κ1) is 19.2. The summed E-state index contributed by atoms with van der Waals surface area (Å²) >= 11 is 0. The highest BCUT2D eigenvalue weighted by molar-refractivity contribution is 7.89. The molecule has 0 spiro atoms. The summed E-state index contributed by atoms with van der Waals surface area (Å²) in [5.74, 6) is -0.792. The van der Waals surface area contributed by atoms with E-state index >= 15 is 0 Å². The van der Waals surface area contributed by atoms with Crippen molar-refractivity contribution in [2.24, 2.45) is 0 Å². The number of halogens is 1. The maximum absolute atomic E-state index is 13.0. The molecular formula is C19H17FN4O4S. The summed E-state index contributed by atoms with van der Waals surface area (Å²) in [6, 6.07) is 11.0. The van der Waals surface area contributed by atoms with Crippen LogP contribution in [-0.2, 0) is 10.0 Å². The van der Waals surface area contributed by atoms with E-state index in [1.807, 2.05) is 0 Å². The summed E-state index contributed by atoms with van der Waals surface area (Å²) in [7, 11) is -2.02. The zero-order valence-electron chi connectivity index (χ0n) is 15.4. The Kier molecular flexibility index (Phi) is 4.89. The van der Waals surface area contributed by atoms with Gasteiger partial charge in [-0.3, -0.25) is 10.1 Å². The van der Waals surface area contributed by atoms with Gasteiger partial charge in [-0.2, -0.15) is 4.31 Å². The van der Waals surface area contributed by atoms with E-state index in [1.165, 1.54) is 52.8 Å². The molecular weight excluding hydrogens is 399 g/mol. The lowest BCUT2D eigenvalue weighted by molar-refractivity contribution is 0.102. The number of nitrogens with zero attached hydrogens (tertiary/aromatic N) is 3. The number of hydrogen-bond acceptors (Lipinski definition) is 6. The van der Waals surface area contributed by atoms with E-state index in [4.69, 9.17) is 4.42 Å². The molecule has 2 aromatic carbocycles.